The van der Waals surface area contributed by atoms with Gasteiger partial charge in [0.05, 0.1) is 5.69 Å². The van der Waals surface area contributed by atoms with Gasteiger partial charge in [0.25, 0.3) is 0 Å². The third-order valence-corrected chi connectivity index (χ3v) is 7.58. The van der Waals surface area contributed by atoms with E-state index in [2.05, 4.69) is 5.32 Å². The van der Waals surface area contributed by atoms with Crippen molar-refractivity contribution in [3.63, 3.8) is 0 Å². The Bertz CT molecular complexity index is 1170. The first-order valence-corrected chi connectivity index (χ1v) is 13.2. The number of anilines is 1. The monoisotopic (exact) mass is 520 g/mol. The fourth-order valence-corrected chi connectivity index (χ4v) is 4.62. The van der Waals surface area contributed by atoms with Gasteiger partial charge in [-0.2, -0.15) is 12.7 Å². The molecule has 1 N–H and O–H groups in total. The molecule has 0 aliphatic carbocycles. The average molecular weight is 521 g/mol. The van der Waals surface area contributed by atoms with Crippen LogP contribution in [0.5, 0.6) is 0 Å². The van der Waals surface area contributed by atoms with Gasteiger partial charge in [0.1, 0.15) is 18.4 Å². The maximum Gasteiger partial charge on any atom is 0.304 e. The first-order valence-electron chi connectivity index (χ1n) is 11.8. The number of nitrogens with zero attached hydrogens (tertiary/aromatic N) is 3. The molecule has 0 saturated heterocycles. The number of aryl methyl sites for hydroxylation is 2. The zero-order valence-corrected chi connectivity index (χ0v) is 22.9. The lowest BCUT2D eigenvalue weighted by Gasteiger charge is -2.33. The Balaban J connectivity index is 2.48. The largest absolute Gasteiger partial charge is 0.354 e. The topological polar surface area (TPSA) is 90.0 Å². The molecular formula is C26H37FN4O4S. The number of nitrogens with one attached hydrogen (secondary N) is 1. The number of hydrogen-bond acceptors (Lipinski definition) is 4. The Morgan fingerprint density at radius 2 is 1.61 bits per heavy atom. The molecule has 0 heterocycles. The van der Waals surface area contributed by atoms with Gasteiger partial charge in [-0.25, -0.2) is 8.70 Å². The Hall–Kier alpha value is -2.98. The van der Waals surface area contributed by atoms with Gasteiger partial charge in [-0.1, -0.05) is 38.1 Å². The van der Waals surface area contributed by atoms with Gasteiger partial charge in [-0.05, 0) is 61.6 Å². The second-order valence-corrected chi connectivity index (χ2v) is 11.6. The second kappa shape index (κ2) is 12.3. The number of carbonyl (C=O) groups is 2. The Kier molecular flexibility index (Phi) is 10.0. The molecule has 0 bridgehead atoms. The van der Waals surface area contributed by atoms with E-state index in [-0.39, 0.29) is 18.4 Å². The maximum absolute atomic E-state index is 13.7. The molecule has 2 rings (SSSR count). The van der Waals surface area contributed by atoms with Crippen LogP contribution in [0, 0.1) is 25.6 Å². The minimum atomic E-state index is -4.04. The normalized spacial score (nSPS) is 12.5. The molecule has 0 unspecified atom stereocenters. The summed E-state index contributed by atoms with van der Waals surface area (Å²) >= 11 is 0. The lowest BCUT2D eigenvalue weighted by molar-refractivity contribution is -0.139. The smallest absolute Gasteiger partial charge is 0.304 e. The van der Waals surface area contributed by atoms with Gasteiger partial charge in [0, 0.05) is 27.2 Å². The van der Waals surface area contributed by atoms with Crippen molar-refractivity contribution in [2.75, 3.05) is 31.5 Å². The van der Waals surface area contributed by atoms with Crippen molar-refractivity contribution < 1.29 is 22.4 Å². The number of amides is 2. The molecule has 0 spiro atoms. The molecule has 0 aromatic heterocycles. The first-order chi connectivity index (χ1) is 16.7. The predicted molar refractivity (Wildman–Crippen MR) is 140 cm³/mol. The lowest BCUT2D eigenvalue weighted by atomic mass is 10.1. The molecule has 8 nitrogen and oxygen atoms in total. The molecule has 0 aliphatic rings. The third-order valence-electron chi connectivity index (χ3n) is 5.77. The van der Waals surface area contributed by atoms with Crippen LogP contribution in [0.3, 0.4) is 0 Å². The molecule has 2 aromatic carbocycles. The maximum atomic E-state index is 13.7. The SMILES string of the molecule is Cc1ccc(C)c(N(CC(=O)N(Cc2ccc(F)cc2)[C@@H](C)C(=O)NCC(C)C)S(=O)(=O)N(C)C)c1. The average Bonchev–Trinajstić information content (AvgIpc) is 2.81. The molecular weight excluding hydrogens is 483 g/mol. The van der Waals surface area contributed by atoms with E-state index in [1.807, 2.05) is 26.8 Å². The van der Waals surface area contributed by atoms with Crippen molar-refractivity contribution in [3.05, 3.63) is 65.0 Å². The molecule has 10 heteroatoms. The Morgan fingerprint density at radius 1 is 1.00 bits per heavy atom. The van der Waals surface area contributed by atoms with Crippen LogP contribution in [0.2, 0.25) is 0 Å². The molecule has 0 aliphatic heterocycles. The van der Waals surface area contributed by atoms with Crippen molar-refractivity contribution in [2.24, 2.45) is 5.92 Å². The van der Waals surface area contributed by atoms with Crippen LogP contribution in [0.1, 0.15) is 37.5 Å². The van der Waals surface area contributed by atoms with Gasteiger partial charge in [-0.3, -0.25) is 9.59 Å². The summed E-state index contributed by atoms with van der Waals surface area (Å²) in [4.78, 5) is 27.9. The van der Waals surface area contributed by atoms with E-state index in [1.54, 1.807) is 26.0 Å². The Morgan fingerprint density at radius 3 is 2.17 bits per heavy atom. The standard InChI is InChI=1S/C26H37FN4O4S/c1-18(2)15-28-26(33)21(5)30(16-22-10-12-23(27)13-11-22)25(32)17-31(36(34,35)29(6)7)24-14-19(3)8-9-20(24)4/h8-14,18,21H,15-17H2,1-7H3,(H,28,33)/t21-/m0/s1. The van der Waals surface area contributed by atoms with Gasteiger partial charge in [-0.15, -0.1) is 0 Å². The van der Waals surface area contributed by atoms with E-state index < -0.39 is 34.5 Å². The van der Waals surface area contributed by atoms with Crippen molar-refractivity contribution >= 4 is 27.7 Å². The number of halogens is 1. The molecule has 198 valence electrons. The highest BCUT2D eigenvalue weighted by atomic mass is 32.2. The molecule has 0 radical (unpaired) electrons. The quantitative estimate of drug-likeness (QED) is 0.493. The Labute approximate surface area is 214 Å². The summed E-state index contributed by atoms with van der Waals surface area (Å²) in [6.07, 6.45) is 0. The highest BCUT2D eigenvalue weighted by molar-refractivity contribution is 7.90. The summed E-state index contributed by atoms with van der Waals surface area (Å²) in [5.41, 5.74) is 2.52. The van der Waals surface area contributed by atoms with Crippen LogP contribution in [-0.4, -0.2) is 62.7 Å². The minimum Gasteiger partial charge on any atom is -0.354 e. The third kappa shape index (κ3) is 7.51. The van der Waals surface area contributed by atoms with E-state index in [0.29, 0.717) is 23.4 Å². The molecule has 1 atom stereocenters. The van der Waals surface area contributed by atoms with E-state index in [4.69, 9.17) is 0 Å². The predicted octanol–water partition coefficient (Wildman–Crippen LogP) is 3.24. The number of carbonyl (C=O) groups excluding carboxylic acids is 2. The van der Waals surface area contributed by atoms with Gasteiger partial charge in [0.15, 0.2) is 0 Å². The molecule has 0 fully saturated rings. The lowest BCUT2D eigenvalue weighted by Crippen LogP contribution is -2.52. The highest BCUT2D eigenvalue weighted by Gasteiger charge is 2.33. The summed E-state index contributed by atoms with van der Waals surface area (Å²) in [6, 6.07) is 10.1. The molecule has 2 aromatic rings. The fourth-order valence-electron chi connectivity index (χ4n) is 3.51. The minimum absolute atomic E-state index is 0.0119. The van der Waals surface area contributed by atoms with Crippen LogP contribution >= 0.6 is 0 Å². The number of hydrogen-bond donors (Lipinski definition) is 1. The van der Waals surface area contributed by atoms with Crippen molar-refractivity contribution in [2.45, 2.75) is 47.2 Å². The molecule has 0 saturated carbocycles. The van der Waals surface area contributed by atoms with Crippen LogP contribution < -0.4 is 9.62 Å². The number of benzene rings is 2. The zero-order chi connectivity index (χ0) is 27.2. The van der Waals surface area contributed by atoms with E-state index in [1.165, 1.54) is 43.3 Å². The van der Waals surface area contributed by atoms with Gasteiger partial charge < -0.3 is 10.2 Å². The summed E-state index contributed by atoms with van der Waals surface area (Å²) in [6.45, 7) is 9.07. The van der Waals surface area contributed by atoms with Crippen LogP contribution in [-0.2, 0) is 26.3 Å². The zero-order valence-electron chi connectivity index (χ0n) is 22.1. The van der Waals surface area contributed by atoms with Crippen LogP contribution in [0.4, 0.5) is 10.1 Å². The fraction of sp³-hybridized carbons (Fsp3) is 0.462. The first kappa shape index (κ1) is 29.3. The van der Waals surface area contributed by atoms with Gasteiger partial charge >= 0.3 is 10.2 Å². The van der Waals surface area contributed by atoms with Crippen molar-refractivity contribution in [1.29, 1.82) is 0 Å². The van der Waals surface area contributed by atoms with Gasteiger partial charge in [0.2, 0.25) is 11.8 Å². The van der Waals surface area contributed by atoms with Crippen molar-refractivity contribution in [1.82, 2.24) is 14.5 Å². The van der Waals surface area contributed by atoms with Crippen LogP contribution in [0.25, 0.3) is 0 Å². The highest BCUT2D eigenvalue weighted by Crippen LogP contribution is 2.26. The summed E-state index contributed by atoms with van der Waals surface area (Å²) in [7, 11) is -1.24. The molecule has 36 heavy (non-hydrogen) atoms. The van der Waals surface area contributed by atoms with Crippen molar-refractivity contribution in [3.8, 4) is 0 Å². The van der Waals surface area contributed by atoms with Crippen LogP contribution in [0.15, 0.2) is 42.5 Å². The second-order valence-electron chi connectivity index (χ2n) is 9.55. The summed E-state index contributed by atoms with van der Waals surface area (Å²) in [5.74, 6) is -1.12. The summed E-state index contributed by atoms with van der Waals surface area (Å²) < 4.78 is 42.1. The van der Waals surface area contributed by atoms with E-state index in [9.17, 15) is 22.4 Å². The number of rotatable bonds is 11. The van der Waals surface area contributed by atoms with E-state index >= 15 is 0 Å². The molecule has 2 amide bonds. The summed E-state index contributed by atoms with van der Waals surface area (Å²) in [5, 5.41) is 2.83. The van der Waals surface area contributed by atoms with E-state index in [0.717, 1.165) is 14.2 Å².